The van der Waals surface area contributed by atoms with Gasteiger partial charge in [-0.25, -0.2) is 9.37 Å². The average Bonchev–Trinajstić information content (AvgIpc) is 2.70. The first-order chi connectivity index (χ1) is 8.27. The lowest BCUT2D eigenvalue weighted by Gasteiger charge is -1.97. The van der Waals surface area contributed by atoms with E-state index in [-0.39, 0.29) is 5.82 Å². The van der Waals surface area contributed by atoms with Crippen molar-refractivity contribution in [2.45, 2.75) is 0 Å². The van der Waals surface area contributed by atoms with Crippen molar-refractivity contribution in [3.63, 3.8) is 0 Å². The standard InChI is InChI=1S/C13H8FIN2/c14-10-7-4-8-17-12(15)11(16-13(10)17)9-5-2-1-3-6-9/h1-8H. The molecule has 4 heteroatoms. The fourth-order valence-corrected chi connectivity index (χ4v) is 2.61. The number of hydrogen-bond acceptors (Lipinski definition) is 1. The van der Waals surface area contributed by atoms with Crippen LogP contribution in [0.25, 0.3) is 16.9 Å². The zero-order valence-corrected chi connectivity index (χ0v) is 10.9. The highest BCUT2D eigenvalue weighted by atomic mass is 127. The third-order valence-electron chi connectivity index (χ3n) is 2.59. The van der Waals surface area contributed by atoms with E-state index in [0.29, 0.717) is 5.65 Å². The molecule has 2 aromatic heterocycles. The fraction of sp³-hybridized carbons (Fsp3) is 0. The van der Waals surface area contributed by atoms with E-state index >= 15 is 0 Å². The summed E-state index contributed by atoms with van der Waals surface area (Å²) in [7, 11) is 0. The summed E-state index contributed by atoms with van der Waals surface area (Å²) < 4.78 is 16.3. The molecule has 17 heavy (non-hydrogen) atoms. The molecular formula is C13H8FIN2. The lowest BCUT2D eigenvalue weighted by Crippen LogP contribution is -1.88. The molecule has 0 saturated heterocycles. The highest BCUT2D eigenvalue weighted by molar-refractivity contribution is 14.1. The maximum atomic E-state index is 13.6. The quantitative estimate of drug-likeness (QED) is 0.618. The Morgan fingerprint density at radius 1 is 1.06 bits per heavy atom. The van der Waals surface area contributed by atoms with Crippen LogP contribution in [0.4, 0.5) is 4.39 Å². The Morgan fingerprint density at radius 3 is 2.53 bits per heavy atom. The van der Waals surface area contributed by atoms with E-state index in [9.17, 15) is 4.39 Å². The number of imidazole rings is 1. The zero-order chi connectivity index (χ0) is 11.8. The first-order valence-corrected chi connectivity index (χ1v) is 6.23. The number of rotatable bonds is 1. The molecule has 0 atom stereocenters. The lowest BCUT2D eigenvalue weighted by atomic mass is 10.2. The molecule has 0 saturated carbocycles. The van der Waals surface area contributed by atoms with E-state index in [1.165, 1.54) is 6.07 Å². The van der Waals surface area contributed by atoms with Crippen LogP contribution >= 0.6 is 22.6 Å². The van der Waals surface area contributed by atoms with Gasteiger partial charge in [-0.15, -0.1) is 0 Å². The van der Waals surface area contributed by atoms with Gasteiger partial charge >= 0.3 is 0 Å². The van der Waals surface area contributed by atoms with Gasteiger partial charge in [0.2, 0.25) is 0 Å². The minimum Gasteiger partial charge on any atom is -0.292 e. The highest BCUT2D eigenvalue weighted by Crippen LogP contribution is 2.26. The summed E-state index contributed by atoms with van der Waals surface area (Å²) in [6.07, 6.45) is 1.82. The summed E-state index contributed by atoms with van der Waals surface area (Å²) in [4.78, 5) is 4.36. The van der Waals surface area contributed by atoms with Gasteiger partial charge in [0.05, 0.1) is 0 Å². The van der Waals surface area contributed by atoms with Crippen LogP contribution in [0.2, 0.25) is 0 Å². The van der Waals surface area contributed by atoms with E-state index in [4.69, 9.17) is 0 Å². The van der Waals surface area contributed by atoms with Gasteiger partial charge in [0.1, 0.15) is 9.39 Å². The molecule has 0 spiro atoms. The second-order valence-electron chi connectivity index (χ2n) is 3.67. The maximum absolute atomic E-state index is 13.6. The smallest absolute Gasteiger partial charge is 0.174 e. The molecule has 0 unspecified atom stereocenters. The van der Waals surface area contributed by atoms with Crippen molar-refractivity contribution in [3.8, 4) is 11.3 Å². The number of hydrogen-bond donors (Lipinski definition) is 0. The van der Waals surface area contributed by atoms with Crippen LogP contribution < -0.4 is 0 Å². The second kappa shape index (κ2) is 4.10. The van der Waals surface area contributed by atoms with Crippen molar-refractivity contribution in [1.82, 2.24) is 9.38 Å². The predicted octanol–water partition coefficient (Wildman–Crippen LogP) is 3.75. The number of pyridine rings is 1. The molecule has 0 bridgehead atoms. The van der Waals surface area contributed by atoms with E-state index in [2.05, 4.69) is 27.6 Å². The highest BCUT2D eigenvalue weighted by Gasteiger charge is 2.13. The van der Waals surface area contributed by atoms with Crippen LogP contribution in [-0.4, -0.2) is 9.38 Å². The van der Waals surface area contributed by atoms with Gasteiger partial charge in [-0.1, -0.05) is 30.3 Å². The van der Waals surface area contributed by atoms with Crippen LogP contribution in [0.1, 0.15) is 0 Å². The second-order valence-corrected chi connectivity index (χ2v) is 4.69. The first-order valence-electron chi connectivity index (χ1n) is 5.15. The molecular weight excluding hydrogens is 330 g/mol. The zero-order valence-electron chi connectivity index (χ0n) is 8.77. The number of aromatic nitrogens is 2. The summed E-state index contributed by atoms with van der Waals surface area (Å²) in [6.45, 7) is 0. The lowest BCUT2D eigenvalue weighted by molar-refractivity contribution is 0.629. The topological polar surface area (TPSA) is 17.3 Å². The van der Waals surface area contributed by atoms with Gasteiger partial charge in [0, 0.05) is 11.8 Å². The minimum absolute atomic E-state index is 0.299. The Bertz CT molecular complexity index is 676. The SMILES string of the molecule is Fc1cccn2c(I)c(-c3ccccc3)nc12. The molecule has 3 rings (SSSR count). The van der Waals surface area contributed by atoms with Crippen LogP contribution in [0.15, 0.2) is 48.7 Å². The van der Waals surface area contributed by atoms with E-state index in [1.54, 1.807) is 10.5 Å². The average molecular weight is 338 g/mol. The van der Waals surface area contributed by atoms with E-state index < -0.39 is 0 Å². The Kier molecular flexibility index (Phi) is 2.58. The van der Waals surface area contributed by atoms with E-state index in [0.717, 1.165) is 15.0 Å². The minimum atomic E-state index is -0.299. The summed E-state index contributed by atoms with van der Waals surface area (Å²) >= 11 is 2.19. The van der Waals surface area contributed by atoms with E-state index in [1.807, 2.05) is 36.5 Å². The molecule has 2 nitrogen and oxygen atoms in total. The molecule has 0 radical (unpaired) electrons. The molecule has 1 aromatic carbocycles. The monoisotopic (exact) mass is 338 g/mol. The van der Waals surface area contributed by atoms with Crippen molar-refractivity contribution >= 4 is 28.2 Å². The number of benzene rings is 1. The van der Waals surface area contributed by atoms with Gasteiger partial charge in [-0.2, -0.15) is 0 Å². The van der Waals surface area contributed by atoms with Crippen molar-refractivity contribution in [3.05, 3.63) is 58.2 Å². The predicted molar refractivity (Wildman–Crippen MR) is 73.3 cm³/mol. The molecule has 84 valence electrons. The third kappa shape index (κ3) is 1.72. The van der Waals surface area contributed by atoms with Gasteiger partial charge in [0.15, 0.2) is 11.5 Å². The number of nitrogens with zero attached hydrogens (tertiary/aromatic N) is 2. The number of halogens is 2. The molecule has 3 aromatic rings. The Hall–Kier alpha value is -1.43. The Balaban J connectivity index is 2.32. The molecule has 0 aliphatic heterocycles. The summed E-state index contributed by atoms with van der Waals surface area (Å²) in [6, 6.07) is 12.9. The van der Waals surface area contributed by atoms with Gasteiger partial charge < -0.3 is 0 Å². The van der Waals surface area contributed by atoms with Crippen LogP contribution in [0.5, 0.6) is 0 Å². The molecule has 0 aliphatic carbocycles. The normalized spacial score (nSPS) is 10.9. The number of fused-ring (bicyclic) bond motifs is 1. The van der Waals surface area contributed by atoms with Gasteiger partial charge in [-0.05, 0) is 34.7 Å². The van der Waals surface area contributed by atoms with Crippen molar-refractivity contribution < 1.29 is 4.39 Å². The summed E-state index contributed by atoms with van der Waals surface area (Å²) in [5.41, 5.74) is 2.19. The van der Waals surface area contributed by atoms with Crippen LogP contribution in [0.3, 0.4) is 0 Å². The summed E-state index contributed by atoms with van der Waals surface area (Å²) in [5.74, 6) is -0.299. The Morgan fingerprint density at radius 2 is 1.82 bits per heavy atom. The molecule has 0 amide bonds. The largest absolute Gasteiger partial charge is 0.292 e. The maximum Gasteiger partial charge on any atom is 0.174 e. The van der Waals surface area contributed by atoms with Gasteiger partial charge in [-0.3, -0.25) is 4.40 Å². The molecule has 0 aliphatic rings. The molecule has 2 heterocycles. The molecule has 0 fully saturated rings. The van der Waals surface area contributed by atoms with Crippen molar-refractivity contribution in [1.29, 1.82) is 0 Å². The van der Waals surface area contributed by atoms with Gasteiger partial charge in [0.25, 0.3) is 0 Å². The Labute approximate surface area is 111 Å². The summed E-state index contributed by atoms with van der Waals surface area (Å²) in [5, 5.41) is 0. The first kappa shape index (κ1) is 10.7. The van der Waals surface area contributed by atoms with Crippen molar-refractivity contribution in [2.24, 2.45) is 0 Å². The third-order valence-corrected chi connectivity index (χ3v) is 3.62. The van der Waals surface area contributed by atoms with Crippen molar-refractivity contribution in [2.75, 3.05) is 0 Å². The van der Waals surface area contributed by atoms with Crippen LogP contribution in [-0.2, 0) is 0 Å². The van der Waals surface area contributed by atoms with Crippen LogP contribution in [0, 0.1) is 9.52 Å². The molecule has 0 N–H and O–H groups in total. The fourth-order valence-electron chi connectivity index (χ4n) is 1.79.